The molecule has 0 aliphatic rings. The van der Waals surface area contributed by atoms with Gasteiger partial charge < -0.3 is 0 Å². The van der Waals surface area contributed by atoms with Crippen LogP contribution in [0.25, 0.3) is 11.4 Å². The number of imidazole rings is 1. The van der Waals surface area contributed by atoms with Gasteiger partial charge in [-0.15, -0.1) is 0 Å². The van der Waals surface area contributed by atoms with Crippen molar-refractivity contribution in [3.63, 3.8) is 0 Å². The second kappa shape index (κ2) is 22.4. The van der Waals surface area contributed by atoms with Crippen LogP contribution >= 0.6 is 25.5 Å². The van der Waals surface area contributed by atoms with Crippen molar-refractivity contribution >= 4 is 57.4 Å². The Hall–Kier alpha value is -5.26. The molecular weight excluding hydrogens is 913 g/mol. The minimum atomic E-state index is -0.446. The van der Waals surface area contributed by atoms with E-state index in [4.69, 9.17) is 9.69 Å². The van der Waals surface area contributed by atoms with E-state index in [9.17, 15) is 0 Å². The minimum Gasteiger partial charge on any atom is -0.0622 e. The van der Waals surface area contributed by atoms with E-state index in [1.165, 1.54) is 76.6 Å². The number of nitrogens with zero attached hydrogens (tertiary/aromatic N) is 2. The van der Waals surface area contributed by atoms with Crippen LogP contribution in [-0.4, -0.2) is 9.13 Å². The summed E-state index contributed by atoms with van der Waals surface area (Å²) in [5, 5.41) is 8.39. The van der Waals surface area contributed by atoms with Crippen LogP contribution in [0.3, 0.4) is 0 Å². The van der Waals surface area contributed by atoms with E-state index >= 15 is 0 Å². The first-order valence-corrected chi connectivity index (χ1v) is 26.8. The van der Waals surface area contributed by atoms with Gasteiger partial charge in [-0.2, -0.15) is 0 Å². The maximum atomic E-state index is 6.48. The summed E-state index contributed by atoms with van der Waals surface area (Å²) in [4.78, 5) is 0. The van der Waals surface area contributed by atoms with Crippen molar-refractivity contribution in [2.45, 2.75) is 41.5 Å². The summed E-state index contributed by atoms with van der Waals surface area (Å²) < 4.78 is 5.67. The maximum absolute atomic E-state index is 6.48. The molecular formula is C57H54ClN2P2Rh. The van der Waals surface area contributed by atoms with E-state index < -0.39 is 15.8 Å². The first kappa shape index (κ1) is 45.8. The first-order chi connectivity index (χ1) is 30.7. The molecule has 0 radical (unpaired) electrons. The Morgan fingerprint density at radius 3 is 0.730 bits per heavy atom. The molecule has 0 spiro atoms. The topological polar surface area (TPSA) is 9.86 Å². The Labute approximate surface area is 388 Å². The second-order valence-corrected chi connectivity index (χ2v) is 21.8. The molecule has 318 valence electrons. The molecule has 0 saturated heterocycles. The molecule has 0 bridgehead atoms. The van der Waals surface area contributed by atoms with Crippen LogP contribution in [0, 0.1) is 45.6 Å². The quantitative estimate of drug-likeness (QED) is 0.106. The summed E-state index contributed by atoms with van der Waals surface area (Å²) in [5.74, 6) is 0. The normalized spacial score (nSPS) is 10.9. The van der Waals surface area contributed by atoms with E-state index in [-0.39, 0.29) is 15.7 Å². The number of hydrogen-bond donors (Lipinski definition) is 0. The number of halogens is 1. The van der Waals surface area contributed by atoms with Crippen LogP contribution in [-0.2, 0) is 15.7 Å². The van der Waals surface area contributed by atoms with Crippen LogP contribution in [0.2, 0.25) is 0 Å². The van der Waals surface area contributed by atoms with Gasteiger partial charge in [-0.3, -0.25) is 0 Å². The number of benzene rings is 8. The van der Waals surface area contributed by atoms with Crippen molar-refractivity contribution in [3.05, 3.63) is 256 Å². The van der Waals surface area contributed by atoms with Gasteiger partial charge in [0.15, 0.2) is 0 Å². The Kier molecular flexibility index (Phi) is 16.3. The molecule has 9 rings (SSSR count). The van der Waals surface area contributed by atoms with Gasteiger partial charge in [-0.25, -0.2) is 0 Å². The zero-order valence-corrected chi connectivity index (χ0v) is 41.0. The smallest absolute Gasteiger partial charge is 0.0134 e. The number of aryl methyl sites for hydroxylation is 6. The van der Waals surface area contributed by atoms with Gasteiger partial charge in [0, 0.05) is 0 Å². The monoisotopic (exact) mass is 966 g/mol. The average Bonchev–Trinajstić information content (AvgIpc) is 3.71. The van der Waals surface area contributed by atoms with Crippen LogP contribution in [0.15, 0.2) is 219 Å². The molecule has 0 aliphatic carbocycles. The molecule has 0 saturated carbocycles. The third-order valence-electron chi connectivity index (χ3n) is 10.6. The predicted molar refractivity (Wildman–Crippen MR) is 273 cm³/mol. The summed E-state index contributed by atoms with van der Waals surface area (Å²) >= 11 is -0.229. The van der Waals surface area contributed by atoms with Crippen molar-refractivity contribution in [3.8, 4) is 11.4 Å². The molecule has 8 aromatic carbocycles. The van der Waals surface area contributed by atoms with Gasteiger partial charge in [0.2, 0.25) is 0 Å². The van der Waals surface area contributed by atoms with Crippen molar-refractivity contribution in [2.75, 3.05) is 0 Å². The van der Waals surface area contributed by atoms with Gasteiger partial charge >= 0.3 is 161 Å². The summed E-state index contributed by atoms with van der Waals surface area (Å²) in [6, 6.07) is 73.6. The predicted octanol–water partition coefficient (Wildman–Crippen LogP) is 12.8. The second-order valence-electron chi connectivity index (χ2n) is 15.5. The Bertz CT molecular complexity index is 2470. The van der Waals surface area contributed by atoms with Crippen LogP contribution < -0.4 is 31.8 Å². The van der Waals surface area contributed by atoms with Gasteiger partial charge in [-0.1, -0.05) is 182 Å². The number of aromatic nitrogens is 2. The fourth-order valence-electron chi connectivity index (χ4n) is 8.21. The average molecular weight is 967 g/mol. The van der Waals surface area contributed by atoms with Crippen molar-refractivity contribution < 1.29 is 15.7 Å². The van der Waals surface area contributed by atoms with Crippen molar-refractivity contribution in [1.82, 2.24) is 9.13 Å². The van der Waals surface area contributed by atoms with E-state index in [1.54, 1.807) is 0 Å². The Morgan fingerprint density at radius 1 is 0.333 bits per heavy atom. The van der Waals surface area contributed by atoms with Crippen molar-refractivity contribution in [2.24, 2.45) is 0 Å². The van der Waals surface area contributed by atoms with Crippen molar-refractivity contribution in [1.29, 1.82) is 0 Å². The van der Waals surface area contributed by atoms with Gasteiger partial charge in [0.1, 0.15) is 0 Å². The zero-order chi connectivity index (χ0) is 44.1. The molecule has 6 heteroatoms. The fourth-order valence-corrected chi connectivity index (χ4v) is 14.4. The molecule has 0 aliphatic heterocycles. The molecule has 0 amide bonds. The standard InChI is InChI=1S/C21H24N2.2C18H15P.ClH.Rh/c1-14-9-16(3)20(17(4)10-14)22-7-8-23(13-22)21-18(5)11-15(2)12-19(21)6;2*1-4-10-16(11-5-1)19(17-12-6-2-7-13-17)18-14-8-3-9-15-18;;/h7-12H,1-6H3;2*1-15H;1H;/q;;;;+1/p-1. The molecule has 1 aromatic heterocycles. The number of rotatable bonds is 8. The Balaban J connectivity index is 0.000000144. The molecule has 0 N–H and O–H groups in total. The van der Waals surface area contributed by atoms with E-state index in [2.05, 4.69) is 269 Å². The largest absolute Gasteiger partial charge is 0.0622 e. The van der Waals surface area contributed by atoms with E-state index in [1.807, 2.05) is 0 Å². The first-order valence-electron chi connectivity index (χ1n) is 21.2. The third-order valence-corrected chi connectivity index (χ3v) is 17.3. The SMILES string of the molecule is Cc1cc(C)c(-n2ccn(-c3c(C)cc(C)cc3C)[c]2=[Rh][Cl])c(C)c1.c1ccc(P(c2ccccc2)c2ccccc2)cc1.c1ccc(P(c2ccccc2)c2ccccc2)cc1. The molecule has 0 atom stereocenters. The number of hydrogen-bond acceptors (Lipinski definition) is 0. The molecule has 1 heterocycles. The molecule has 2 nitrogen and oxygen atoms in total. The summed E-state index contributed by atoms with van der Waals surface area (Å²) in [5.41, 5.74) is 10.2. The van der Waals surface area contributed by atoms with Gasteiger partial charge in [0.05, 0.1) is 0 Å². The van der Waals surface area contributed by atoms with Crippen LogP contribution in [0.1, 0.15) is 33.4 Å². The summed E-state index contributed by atoms with van der Waals surface area (Å²) in [7, 11) is 5.59. The summed E-state index contributed by atoms with van der Waals surface area (Å²) in [6.45, 7) is 13.0. The van der Waals surface area contributed by atoms with Gasteiger partial charge in [0.25, 0.3) is 0 Å². The zero-order valence-electron chi connectivity index (χ0n) is 36.8. The van der Waals surface area contributed by atoms with Crippen LogP contribution in [0.5, 0.6) is 0 Å². The maximum Gasteiger partial charge on any atom is -0.0134 e. The molecule has 63 heavy (non-hydrogen) atoms. The van der Waals surface area contributed by atoms with Crippen LogP contribution in [0.4, 0.5) is 0 Å². The fraction of sp³-hybridized carbons (Fsp3) is 0.105. The van der Waals surface area contributed by atoms with E-state index in [0.29, 0.717) is 0 Å². The minimum absolute atomic E-state index is 0.229. The molecule has 0 unspecified atom stereocenters. The molecule has 0 fully saturated rings. The third kappa shape index (κ3) is 11.5. The van der Waals surface area contributed by atoms with E-state index in [0.717, 1.165) is 4.01 Å². The Morgan fingerprint density at radius 2 is 0.540 bits per heavy atom. The van der Waals surface area contributed by atoms with Gasteiger partial charge in [-0.05, 0) is 47.7 Å². The molecule has 9 aromatic rings. The summed E-state index contributed by atoms with van der Waals surface area (Å²) in [6.07, 6.45) is 4.29.